The summed E-state index contributed by atoms with van der Waals surface area (Å²) in [6.07, 6.45) is 2.22. The highest BCUT2D eigenvalue weighted by Crippen LogP contribution is 2.32. The zero-order valence-corrected chi connectivity index (χ0v) is 14.0. The molecule has 0 bridgehead atoms. The van der Waals surface area contributed by atoms with Gasteiger partial charge in [0.15, 0.2) is 0 Å². The van der Waals surface area contributed by atoms with Gasteiger partial charge in [-0.05, 0) is 30.9 Å². The van der Waals surface area contributed by atoms with Gasteiger partial charge in [-0.1, -0.05) is 32.0 Å². The van der Waals surface area contributed by atoms with Crippen LogP contribution in [0.3, 0.4) is 0 Å². The van der Waals surface area contributed by atoms with Crippen molar-refractivity contribution in [2.75, 3.05) is 13.7 Å². The lowest BCUT2D eigenvalue weighted by atomic mass is 9.83. The predicted octanol–water partition coefficient (Wildman–Crippen LogP) is 2.73. The van der Waals surface area contributed by atoms with E-state index in [9.17, 15) is 9.59 Å². The Balaban J connectivity index is 2.14. The SMILES string of the molecule is COc1ccccc1CC(C)(C)C(=O)N1CCCC1CC(=O)O. The molecule has 1 aromatic rings. The average molecular weight is 319 g/mol. The number of hydrogen-bond donors (Lipinski definition) is 1. The van der Waals surface area contributed by atoms with Crippen LogP contribution in [0, 0.1) is 5.41 Å². The molecule has 2 rings (SSSR count). The fourth-order valence-corrected chi connectivity index (χ4v) is 3.31. The zero-order chi connectivity index (χ0) is 17.0. The fraction of sp³-hybridized carbons (Fsp3) is 0.556. The smallest absolute Gasteiger partial charge is 0.305 e. The number of amides is 1. The van der Waals surface area contributed by atoms with Gasteiger partial charge in [-0.2, -0.15) is 0 Å². The Labute approximate surface area is 137 Å². The molecule has 1 unspecified atom stereocenters. The molecule has 1 fully saturated rings. The maximum absolute atomic E-state index is 13.0. The van der Waals surface area contributed by atoms with Gasteiger partial charge in [-0.15, -0.1) is 0 Å². The van der Waals surface area contributed by atoms with Gasteiger partial charge in [-0.25, -0.2) is 0 Å². The third kappa shape index (κ3) is 4.03. The van der Waals surface area contributed by atoms with E-state index in [1.807, 2.05) is 38.1 Å². The molecule has 0 aliphatic carbocycles. The summed E-state index contributed by atoms with van der Waals surface area (Å²) in [5.41, 5.74) is 0.387. The van der Waals surface area contributed by atoms with Gasteiger partial charge in [0.2, 0.25) is 5.91 Å². The number of hydrogen-bond acceptors (Lipinski definition) is 3. The van der Waals surface area contributed by atoms with Crippen LogP contribution in [0.2, 0.25) is 0 Å². The molecule has 5 heteroatoms. The number of carbonyl (C=O) groups is 2. The van der Waals surface area contributed by atoms with Crippen LogP contribution in [0.5, 0.6) is 5.75 Å². The molecule has 1 aromatic carbocycles. The van der Waals surface area contributed by atoms with Gasteiger partial charge in [0, 0.05) is 18.0 Å². The van der Waals surface area contributed by atoms with E-state index in [0.717, 1.165) is 24.2 Å². The Hall–Kier alpha value is -2.04. The first-order valence-corrected chi connectivity index (χ1v) is 8.00. The fourth-order valence-electron chi connectivity index (χ4n) is 3.31. The van der Waals surface area contributed by atoms with Crippen molar-refractivity contribution in [2.24, 2.45) is 5.41 Å². The van der Waals surface area contributed by atoms with E-state index in [2.05, 4.69) is 0 Å². The zero-order valence-electron chi connectivity index (χ0n) is 14.0. The van der Waals surface area contributed by atoms with Gasteiger partial charge in [0.05, 0.1) is 13.5 Å². The lowest BCUT2D eigenvalue weighted by Crippen LogP contribution is -2.45. The summed E-state index contributed by atoms with van der Waals surface area (Å²) in [5, 5.41) is 9.03. The van der Waals surface area contributed by atoms with Crippen LogP contribution in [0.4, 0.5) is 0 Å². The largest absolute Gasteiger partial charge is 0.496 e. The normalized spacial score (nSPS) is 18.0. The Kier molecular flexibility index (Phi) is 5.29. The summed E-state index contributed by atoms with van der Waals surface area (Å²) in [7, 11) is 1.62. The van der Waals surface area contributed by atoms with Gasteiger partial charge >= 0.3 is 5.97 Å². The molecule has 5 nitrogen and oxygen atoms in total. The van der Waals surface area contributed by atoms with E-state index >= 15 is 0 Å². The molecular weight excluding hydrogens is 294 g/mol. The van der Waals surface area contributed by atoms with Gasteiger partial charge in [0.1, 0.15) is 5.75 Å². The monoisotopic (exact) mass is 319 g/mol. The first kappa shape index (κ1) is 17.3. The Morgan fingerprint density at radius 1 is 1.35 bits per heavy atom. The third-order valence-corrected chi connectivity index (χ3v) is 4.45. The summed E-state index contributed by atoms with van der Waals surface area (Å²) in [4.78, 5) is 25.7. The number of para-hydroxylation sites is 1. The van der Waals surface area contributed by atoms with Crippen LogP contribution in [0.25, 0.3) is 0 Å². The number of ether oxygens (including phenoxy) is 1. The average Bonchev–Trinajstić information content (AvgIpc) is 2.93. The Morgan fingerprint density at radius 3 is 2.70 bits per heavy atom. The molecule has 1 atom stereocenters. The first-order valence-electron chi connectivity index (χ1n) is 8.00. The highest BCUT2D eigenvalue weighted by Gasteiger charge is 2.38. The maximum atomic E-state index is 13.0. The van der Waals surface area contributed by atoms with Gasteiger partial charge in [-0.3, -0.25) is 9.59 Å². The minimum absolute atomic E-state index is 0.0205. The maximum Gasteiger partial charge on any atom is 0.305 e. The summed E-state index contributed by atoms with van der Waals surface area (Å²) in [6.45, 7) is 4.47. The first-order chi connectivity index (χ1) is 10.8. The predicted molar refractivity (Wildman–Crippen MR) is 87.5 cm³/mol. The number of nitrogens with zero attached hydrogens (tertiary/aromatic N) is 1. The molecular formula is C18H25NO4. The lowest BCUT2D eigenvalue weighted by Gasteiger charge is -2.33. The number of benzene rings is 1. The van der Waals surface area contributed by atoms with Crippen molar-refractivity contribution in [1.82, 2.24) is 4.90 Å². The van der Waals surface area contributed by atoms with Crippen LogP contribution >= 0.6 is 0 Å². The van der Waals surface area contributed by atoms with Crippen LogP contribution in [0.1, 0.15) is 38.7 Å². The molecule has 0 aromatic heterocycles. The number of carboxylic acid groups (broad SMARTS) is 1. The van der Waals surface area contributed by atoms with Gasteiger partial charge in [0.25, 0.3) is 0 Å². The standard InChI is InChI=1S/C18H25NO4/c1-18(2,12-13-7-4-5-9-15(13)23-3)17(22)19-10-6-8-14(19)11-16(20)21/h4-5,7,9,14H,6,8,10-12H2,1-3H3,(H,20,21). The minimum Gasteiger partial charge on any atom is -0.496 e. The molecule has 0 saturated carbocycles. The number of carbonyl (C=O) groups excluding carboxylic acids is 1. The molecule has 1 aliphatic rings. The highest BCUT2D eigenvalue weighted by molar-refractivity contribution is 5.83. The second-order valence-electron chi connectivity index (χ2n) is 6.76. The molecule has 1 heterocycles. The van der Waals surface area contributed by atoms with E-state index in [1.165, 1.54) is 0 Å². The Morgan fingerprint density at radius 2 is 2.04 bits per heavy atom. The lowest BCUT2D eigenvalue weighted by molar-refractivity contribution is -0.144. The van der Waals surface area contributed by atoms with Crippen LogP contribution in [0.15, 0.2) is 24.3 Å². The van der Waals surface area contributed by atoms with Crippen LogP contribution < -0.4 is 4.74 Å². The molecule has 0 spiro atoms. The number of rotatable bonds is 6. The van der Waals surface area contributed by atoms with Crippen molar-refractivity contribution in [1.29, 1.82) is 0 Å². The van der Waals surface area contributed by atoms with Crippen molar-refractivity contribution in [2.45, 2.75) is 45.6 Å². The number of likely N-dealkylation sites (tertiary alicyclic amines) is 1. The van der Waals surface area contributed by atoms with E-state index < -0.39 is 11.4 Å². The summed E-state index contributed by atoms with van der Waals surface area (Å²) < 4.78 is 5.37. The van der Waals surface area contributed by atoms with Crippen molar-refractivity contribution in [3.05, 3.63) is 29.8 Å². The van der Waals surface area contributed by atoms with Crippen molar-refractivity contribution < 1.29 is 19.4 Å². The van der Waals surface area contributed by atoms with E-state index in [1.54, 1.807) is 12.0 Å². The molecule has 0 radical (unpaired) electrons. The minimum atomic E-state index is -0.850. The van der Waals surface area contributed by atoms with Crippen LogP contribution in [-0.4, -0.2) is 41.6 Å². The second-order valence-corrected chi connectivity index (χ2v) is 6.76. The van der Waals surface area contributed by atoms with Crippen molar-refractivity contribution in [3.63, 3.8) is 0 Å². The summed E-state index contributed by atoms with van der Waals surface area (Å²) in [5.74, 6) is -0.0544. The van der Waals surface area contributed by atoms with Crippen molar-refractivity contribution >= 4 is 11.9 Å². The third-order valence-electron chi connectivity index (χ3n) is 4.45. The Bertz CT molecular complexity index is 582. The summed E-state index contributed by atoms with van der Waals surface area (Å²) in [6, 6.07) is 7.50. The second kappa shape index (κ2) is 7.02. The molecule has 1 aliphatic heterocycles. The molecule has 1 amide bonds. The quantitative estimate of drug-likeness (QED) is 0.875. The number of carboxylic acids is 1. The van der Waals surface area contributed by atoms with Gasteiger partial charge < -0.3 is 14.7 Å². The van der Waals surface area contributed by atoms with Crippen LogP contribution in [-0.2, 0) is 16.0 Å². The van der Waals surface area contributed by atoms with E-state index in [0.29, 0.717) is 13.0 Å². The van der Waals surface area contributed by atoms with E-state index in [-0.39, 0.29) is 18.4 Å². The number of methoxy groups -OCH3 is 1. The van der Waals surface area contributed by atoms with E-state index in [4.69, 9.17) is 9.84 Å². The summed E-state index contributed by atoms with van der Waals surface area (Å²) >= 11 is 0. The van der Waals surface area contributed by atoms with Crippen molar-refractivity contribution in [3.8, 4) is 5.75 Å². The molecule has 126 valence electrons. The number of aliphatic carboxylic acids is 1. The highest BCUT2D eigenvalue weighted by atomic mass is 16.5. The topological polar surface area (TPSA) is 66.8 Å². The molecule has 23 heavy (non-hydrogen) atoms. The molecule has 1 N–H and O–H groups in total. The molecule has 1 saturated heterocycles.